The molecule has 0 bridgehead atoms. The Kier molecular flexibility index (Phi) is 3.13. The Morgan fingerprint density at radius 1 is 1.47 bits per heavy atom. The summed E-state index contributed by atoms with van der Waals surface area (Å²) in [5.41, 5.74) is 0.825. The molecule has 6 heteroatoms. The summed E-state index contributed by atoms with van der Waals surface area (Å²) < 4.78 is 5.04. The van der Waals surface area contributed by atoms with E-state index in [0.29, 0.717) is 5.22 Å². The van der Waals surface area contributed by atoms with Gasteiger partial charge in [-0.15, -0.1) is 10.2 Å². The molecule has 1 saturated carbocycles. The van der Waals surface area contributed by atoms with Crippen molar-refractivity contribution in [3.8, 4) is 10.6 Å². The Labute approximate surface area is 108 Å². The van der Waals surface area contributed by atoms with Crippen molar-refractivity contribution in [1.29, 1.82) is 0 Å². The maximum absolute atomic E-state index is 5.90. The first-order chi connectivity index (χ1) is 8.33. The molecule has 0 atom stereocenters. The van der Waals surface area contributed by atoms with Gasteiger partial charge >= 0.3 is 0 Å². The molecule has 90 valence electrons. The van der Waals surface area contributed by atoms with Gasteiger partial charge in [0.1, 0.15) is 5.01 Å². The van der Waals surface area contributed by atoms with Gasteiger partial charge in [0, 0.05) is 19.0 Å². The third-order valence-corrected chi connectivity index (χ3v) is 3.97. The monoisotopic (exact) mass is 269 g/mol. The minimum Gasteiger partial charge on any atom is -0.452 e. The summed E-state index contributed by atoms with van der Waals surface area (Å²) in [6.45, 7) is 0.971. The second kappa shape index (κ2) is 4.76. The molecule has 1 aliphatic carbocycles. The molecule has 0 saturated heterocycles. The fourth-order valence-electron chi connectivity index (χ4n) is 1.58. The van der Waals surface area contributed by atoms with Crippen LogP contribution in [0.4, 0.5) is 0 Å². The Morgan fingerprint density at radius 2 is 2.35 bits per heavy atom. The molecule has 3 rings (SSSR count). The second-order valence-electron chi connectivity index (χ2n) is 4.09. The first-order valence-corrected chi connectivity index (χ1v) is 6.81. The molecule has 0 unspecified atom stereocenters. The zero-order chi connectivity index (χ0) is 11.7. The Hall–Kier alpha value is -0.910. The lowest BCUT2D eigenvalue weighted by Crippen LogP contribution is -2.19. The summed E-state index contributed by atoms with van der Waals surface area (Å²) in [6.07, 6.45) is 5.11. The molecule has 1 fully saturated rings. The van der Waals surface area contributed by atoms with E-state index in [0.717, 1.165) is 34.6 Å². The zero-order valence-electron chi connectivity index (χ0n) is 9.15. The summed E-state index contributed by atoms with van der Waals surface area (Å²) >= 11 is 7.47. The molecule has 2 heterocycles. The lowest BCUT2D eigenvalue weighted by atomic mass is 10.4. The number of nitrogens with zero attached hydrogens (tertiary/aromatic N) is 2. The highest BCUT2D eigenvalue weighted by Gasteiger charge is 2.20. The van der Waals surface area contributed by atoms with Crippen LogP contribution in [0, 0.1) is 0 Å². The fraction of sp³-hybridized carbons (Fsp3) is 0.455. The van der Waals surface area contributed by atoms with Gasteiger partial charge in [0.2, 0.25) is 5.22 Å². The molecule has 1 N–H and O–H groups in total. The fourth-order valence-corrected chi connectivity index (χ4v) is 2.70. The van der Waals surface area contributed by atoms with Gasteiger partial charge in [0.15, 0.2) is 5.01 Å². The third-order valence-electron chi connectivity index (χ3n) is 2.66. The van der Waals surface area contributed by atoms with E-state index in [9.17, 15) is 0 Å². The maximum Gasteiger partial charge on any atom is 0.203 e. The van der Waals surface area contributed by atoms with Gasteiger partial charge in [-0.2, -0.15) is 0 Å². The normalized spacial score (nSPS) is 15.4. The smallest absolute Gasteiger partial charge is 0.203 e. The van der Waals surface area contributed by atoms with E-state index in [4.69, 9.17) is 16.0 Å². The van der Waals surface area contributed by atoms with Crippen molar-refractivity contribution < 1.29 is 4.42 Å². The highest BCUT2D eigenvalue weighted by Crippen LogP contribution is 2.31. The van der Waals surface area contributed by atoms with Gasteiger partial charge in [-0.05, 0) is 30.5 Å². The lowest BCUT2D eigenvalue weighted by Gasteiger charge is -1.97. The van der Waals surface area contributed by atoms with Gasteiger partial charge in [-0.1, -0.05) is 11.3 Å². The van der Waals surface area contributed by atoms with E-state index in [1.54, 1.807) is 17.6 Å². The van der Waals surface area contributed by atoms with Crippen LogP contribution < -0.4 is 5.32 Å². The highest BCUT2D eigenvalue weighted by atomic mass is 35.5. The molecule has 0 spiro atoms. The van der Waals surface area contributed by atoms with Crippen molar-refractivity contribution in [3.63, 3.8) is 0 Å². The number of furan rings is 1. The Balaban J connectivity index is 1.63. The standard InChI is InChI=1S/C11H12ClN3OS/c12-10-8(4-6-16-10)11-15-14-9(17-11)3-5-13-7-1-2-7/h4,6-7,13H,1-3,5H2. The predicted molar refractivity (Wildman–Crippen MR) is 67.3 cm³/mol. The van der Waals surface area contributed by atoms with Crippen LogP contribution in [0.3, 0.4) is 0 Å². The van der Waals surface area contributed by atoms with Crippen LogP contribution in [0.5, 0.6) is 0 Å². The van der Waals surface area contributed by atoms with Crippen LogP contribution in [0.15, 0.2) is 16.7 Å². The molecule has 0 amide bonds. The largest absolute Gasteiger partial charge is 0.452 e. The number of nitrogens with one attached hydrogen (secondary N) is 1. The minimum absolute atomic E-state index is 0.379. The van der Waals surface area contributed by atoms with Gasteiger partial charge < -0.3 is 9.73 Å². The number of hydrogen-bond acceptors (Lipinski definition) is 5. The summed E-state index contributed by atoms with van der Waals surface area (Å²) in [5, 5.41) is 14.0. The molecule has 1 aliphatic rings. The summed E-state index contributed by atoms with van der Waals surface area (Å²) in [5.74, 6) is 0. The Bertz CT molecular complexity index is 506. The Morgan fingerprint density at radius 3 is 3.06 bits per heavy atom. The van der Waals surface area contributed by atoms with Crippen molar-refractivity contribution in [3.05, 3.63) is 22.6 Å². The van der Waals surface area contributed by atoms with Gasteiger partial charge in [0.25, 0.3) is 0 Å². The van der Waals surface area contributed by atoms with Crippen molar-refractivity contribution in [1.82, 2.24) is 15.5 Å². The van der Waals surface area contributed by atoms with Crippen LogP contribution in [-0.2, 0) is 6.42 Å². The zero-order valence-corrected chi connectivity index (χ0v) is 10.7. The first kappa shape index (κ1) is 11.2. The van der Waals surface area contributed by atoms with Crippen molar-refractivity contribution >= 4 is 22.9 Å². The molecular weight excluding hydrogens is 258 g/mol. The maximum atomic E-state index is 5.90. The molecular formula is C11H12ClN3OS. The van der Waals surface area contributed by atoms with E-state index in [-0.39, 0.29) is 0 Å². The molecule has 17 heavy (non-hydrogen) atoms. The molecule has 4 nitrogen and oxygen atoms in total. The van der Waals surface area contributed by atoms with E-state index in [1.807, 2.05) is 6.07 Å². The average molecular weight is 270 g/mol. The van der Waals surface area contributed by atoms with Crippen LogP contribution in [0.2, 0.25) is 5.22 Å². The lowest BCUT2D eigenvalue weighted by molar-refractivity contribution is 0.570. The summed E-state index contributed by atoms with van der Waals surface area (Å²) in [6, 6.07) is 2.56. The van der Waals surface area contributed by atoms with Gasteiger partial charge in [0.05, 0.1) is 11.8 Å². The van der Waals surface area contributed by atoms with Crippen LogP contribution in [-0.4, -0.2) is 22.8 Å². The second-order valence-corrected chi connectivity index (χ2v) is 5.49. The van der Waals surface area contributed by atoms with Crippen molar-refractivity contribution in [2.75, 3.05) is 6.54 Å². The van der Waals surface area contributed by atoms with Gasteiger partial charge in [-0.3, -0.25) is 0 Å². The quantitative estimate of drug-likeness (QED) is 0.907. The van der Waals surface area contributed by atoms with E-state index >= 15 is 0 Å². The van der Waals surface area contributed by atoms with Crippen LogP contribution in [0.25, 0.3) is 10.6 Å². The number of rotatable bonds is 5. The van der Waals surface area contributed by atoms with Crippen molar-refractivity contribution in [2.45, 2.75) is 25.3 Å². The van der Waals surface area contributed by atoms with Crippen molar-refractivity contribution in [2.24, 2.45) is 0 Å². The number of hydrogen-bond donors (Lipinski definition) is 1. The van der Waals surface area contributed by atoms with E-state index in [1.165, 1.54) is 12.8 Å². The van der Waals surface area contributed by atoms with Gasteiger partial charge in [-0.25, -0.2) is 0 Å². The SMILES string of the molecule is Clc1occc1-c1nnc(CCNC2CC2)s1. The molecule has 0 aromatic carbocycles. The molecule has 0 radical (unpaired) electrons. The molecule has 2 aromatic rings. The molecule has 0 aliphatic heterocycles. The van der Waals surface area contributed by atoms with E-state index in [2.05, 4.69) is 15.5 Å². The number of aromatic nitrogens is 2. The topological polar surface area (TPSA) is 51.0 Å². The summed E-state index contributed by atoms with van der Waals surface area (Å²) in [7, 11) is 0. The average Bonchev–Trinajstić information content (AvgIpc) is 2.85. The van der Waals surface area contributed by atoms with Crippen LogP contribution >= 0.6 is 22.9 Å². The highest BCUT2D eigenvalue weighted by molar-refractivity contribution is 7.14. The predicted octanol–water partition coefficient (Wildman–Crippen LogP) is 2.75. The third kappa shape index (κ3) is 2.68. The summed E-state index contributed by atoms with van der Waals surface area (Å²) in [4.78, 5) is 0. The van der Waals surface area contributed by atoms with Crippen LogP contribution in [0.1, 0.15) is 17.8 Å². The minimum atomic E-state index is 0.379. The van der Waals surface area contributed by atoms with E-state index < -0.39 is 0 Å². The first-order valence-electron chi connectivity index (χ1n) is 5.62. The number of halogens is 1. The molecule has 2 aromatic heterocycles.